The minimum atomic E-state index is 0.586. The van der Waals surface area contributed by atoms with Gasteiger partial charge < -0.3 is 5.32 Å². The summed E-state index contributed by atoms with van der Waals surface area (Å²) in [6.07, 6.45) is 5.26. The van der Waals surface area contributed by atoms with Gasteiger partial charge in [0.15, 0.2) is 0 Å². The number of nitrogens with one attached hydrogen (secondary N) is 1. The molecule has 1 heteroatoms. The van der Waals surface area contributed by atoms with Gasteiger partial charge in [0.2, 0.25) is 0 Å². The van der Waals surface area contributed by atoms with Gasteiger partial charge in [-0.2, -0.15) is 0 Å². The van der Waals surface area contributed by atoms with Gasteiger partial charge in [0.1, 0.15) is 0 Å². The van der Waals surface area contributed by atoms with Crippen molar-refractivity contribution in [3.63, 3.8) is 0 Å². The van der Waals surface area contributed by atoms with Gasteiger partial charge in [0.25, 0.3) is 0 Å². The van der Waals surface area contributed by atoms with Crippen LogP contribution < -0.4 is 5.32 Å². The average molecular weight is 261 g/mol. The minimum Gasteiger partial charge on any atom is -0.314 e. The van der Waals surface area contributed by atoms with Crippen molar-refractivity contribution in [1.29, 1.82) is 0 Å². The van der Waals surface area contributed by atoms with Crippen LogP contribution in [0.1, 0.15) is 52.5 Å². The Balaban J connectivity index is 2.43. The second-order valence-corrected chi connectivity index (χ2v) is 6.44. The molecule has 0 amide bonds. The summed E-state index contributed by atoms with van der Waals surface area (Å²) in [5, 5.41) is 3.60. The van der Waals surface area contributed by atoms with Gasteiger partial charge >= 0.3 is 0 Å². The molecule has 0 bridgehead atoms. The highest BCUT2D eigenvalue weighted by molar-refractivity contribution is 5.15. The molecule has 0 aromatic heterocycles. The summed E-state index contributed by atoms with van der Waals surface area (Å²) in [7, 11) is 0. The van der Waals surface area contributed by atoms with Crippen molar-refractivity contribution in [2.24, 2.45) is 11.8 Å². The van der Waals surface area contributed by atoms with Crippen molar-refractivity contribution >= 4 is 0 Å². The van der Waals surface area contributed by atoms with Gasteiger partial charge in [-0.1, -0.05) is 70.9 Å². The van der Waals surface area contributed by atoms with Crippen LogP contribution in [0, 0.1) is 11.8 Å². The molecule has 0 aliphatic rings. The largest absolute Gasteiger partial charge is 0.314 e. The van der Waals surface area contributed by atoms with Crippen LogP contribution in [-0.2, 0) is 6.42 Å². The Bertz CT molecular complexity index is 316. The lowest BCUT2D eigenvalue weighted by molar-refractivity contribution is 0.393. The first-order chi connectivity index (χ1) is 9.08. The first-order valence-corrected chi connectivity index (χ1v) is 7.85. The van der Waals surface area contributed by atoms with Gasteiger partial charge in [0, 0.05) is 6.04 Å². The fraction of sp³-hybridized carbons (Fsp3) is 0.667. The minimum absolute atomic E-state index is 0.586. The highest BCUT2D eigenvalue weighted by Gasteiger charge is 2.10. The van der Waals surface area contributed by atoms with Crippen molar-refractivity contribution in [3.05, 3.63) is 35.9 Å². The number of rotatable bonds is 9. The molecule has 1 N–H and O–H groups in total. The fourth-order valence-corrected chi connectivity index (χ4v) is 2.44. The topological polar surface area (TPSA) is 12.0 Å². The first kappa shape index (κ1) is 16.2. The summed E-state index contributed by atoms with van der Waals surface area (Å²) in [4.78, 5) is 0. The average Bonchev–Trinajstić information content (AvgIpc) is 2.36. The maximum absolute atomic E-state index is 3.60. The quantitative estimate of drug-likeness (QED) is 0.681. The van der Waals surface area contributed by atoms with E-state index < -0.39 is 0 Å². The van der Waals surface area contributed by atoms with Crippen molar-refractivity contribution in [1.82, 2.24) is 5.32 Å². The molecule has 1 aromatic rings. The molecule has 0 aliphatic heterocycles. The lowest BCUT2D eigenvalue weighted by Gasteiger charge is -2.20. The van der Waals surface area contributed by atoms with E-state index in [9.17, 15) is 0 Å². The fourth-order valence-electron chi connectivity index (χ4n) is 2.44. The van der Waals surface area contributed by atoms with Gasteiger partial charge in [-0.25, -0.2) is 0 Å². The maximum Gasteiger partial charge on any atom is 0.00104 e. The van der Waals surface area contributed by atoms with E-state index in [1.165, 1.54) is 31.2 Å². The van der Waals surface area contributed by atoms with Gasteiger partial charge in [-0.3, -0.25) is 0 Å². The molecule has 0 spiro atoms. The molecule has 0 fully saturated rings. The molecule has 1 atom stereocenters. The van der Waals surface area contributed by atoms with Crippen LogP contribution >= 0.6 is 0 Å². The summed E-state index contributed by atoms with van der Waals surface area (Å²) in [5.41, 5.74) is 1.47. The van der Waals surface area contributed by atoms with Crippen LogP contribution in [0.5, 0.6) is 0 Å². The van der Waals surface area contributed by atoms with Crippen molar-refractivity contribution in [3.8, 4) is 0 Å². The van der Waals surface area contributed by atoms with Crippen LogP contribution in [0.2, 0.25) is 0 Å². The Morgan fingerprint density at radius 2 is 1.63 bits per heavy atom. The number of hydrogen-bond donors (Lipinski definition) is 1. The predicted octanol–water partition coefficient (Wildman–Crippen LogP) is 4.67. The van der Waals surface area contributed by atoms with E-state index in [4.69, 9.17) is 0 Å². The molecular formula is C18H31N. The highest BCUT2D eigenvalue weighted by Crippen LogP contribution is 2.17. The molecule has 0 saturated carbocycles. The Hall–Kier alpha value is -0.820. The van der Waals surface area contributed by atoms with Gasteiger partial charge in [-0.05, 0) is 36.8 Å². The van der Waals surface area contributed by atoms with E-state index in [0.29, 0.717) is 6.04 Å². The summed E-state index contributed by atoms with van der Waals surface area (Å²) in [5.74, 6) is 1.60. The SMILES string of the molecule is CC(C)CCCC(CNC(C)C)Cc1ccccc1. The molecule has 0 saturated heterocycles. The standard InChI is InChI=1S/C18H31N/c1-15(2)9-8-12-18(14-19-16(3)4)13-17-10-6-5-7-11-17/h5-7,10-11,15-16,18-19H,8-9,12-14H2,1-4H3. The van der Waals surface area contributed by atoms with Crippen molar-refractivity contribution in [2.45, 2.75) is 59.4 Å². The molecule has 0 radical (unpaired) electrons. The molecule has 1 rings (SSSR count). The monoisotopic (exact) mass is 261 g/mol. The van der Waals surface area contributed by atoms with E-state index in [1.807, 2.05) is 0 Å². The van der Waals surface area contributed by atoms with Crippen molar-refractivity contribution < 1.29 is 0 Å². The summed E-state index contributed by atoms with van der Waals surface area (Å²) in [6, 6.07) is 11.5. The number of hydrogen-bond acceptors (Lipinski definition) is 1. The normalized spacial score (nSPS) is 13.2. The van der Waals surface area contributed by atoms with Crippen LogP contribution in [0.4, 0.5) is 0 Å². The van der Waals surface area contributed by atoms with E-state index in [-0.39, 0.29) is 0 Å². The number of benzene rings is 1. The second kappa shape index (κ2) is 9.14. The molecule has 108 valence electrons. The Morgan fingerprint density at radius 3 is 2.21 bits per heavy atom. The lowest BCUT2D eigenvalue weighted by atomic mass is 9.92. The highest BCUT2D eigenvalue weighted by atomic mass is 14.9. The van der Waals surface area contributed by atoms with E-state index >= 15 is 0 Å². The zero-order valence-corrected chi connectivity index (χ0v) is 13.2. The van der Waals surface area contributed by atoms with E-state index in [0.717, 1.165) is 18.4 Å². The molecule has 0 heterocycles. The Kier molecular flexibility index (Phi) is 7.81. The Labute approximate surface area is 119 Å². The summed E-state index contributed by atoms with van der Waals surface area (Å²) < 4.78 is 0. The van der Waals surface area contributed by atoms with Crippen LogP contribution in [0.15, 0.2) is 30.3 Å². The first-order valence-electron chi connectivity index (χ1n) is 7.85. The second-order valence-electron chi connectivity index (χ2n) is 6.44. The zero-order chi connectivity index (χ0) is 14.1. The van der Waals surface area contributed by atoms with Crippen LogP contribution in [0.25, 0.3) is 0 Å². The predicted molar refractivity (Wildman–Crippen MR) is 85.5 cm³/mol. The molecule has 1 unspecified atom stereocenters. The maximum atomic E-state index is 3.60. The molecule has 0 aliphatic carbocycles. The third-order valence-electron chi connectivity index (χ3n) is 3.58. The molecular weight excluding hydrogens is 230 g/mol. The summed E-state index contributed by atoms with van der Waals surface area (Å²) in [6.45, 7) is 10.2. The smallest absolute Gasteiger partial charge is 0.00104 e. The van der Waals surface area contributed by atoms with Gasteiger partial charge in [0.05, 0.1) is 0 Å². The molecule has 19 heavy (non-hydrogen) atoms. The third kappa shape index (κ3) is 8.05. The third-order valence-corrected chi connectivity index (χ3v) is 3.58. The zero-order valence-electron chi connectivity index (χ0n) is 13.2. The summed E-state index contributed by atoms with van der Waals surface area (Å²) >= 11 is 0. The van der Waals surface area contributed by atoms with Crippen LogP contribution in [0.3, 0.4) is 0 Å². The van der Waals surface area contributed by atoms with Crippen molar-refractivity contribution in [2.75, 3.05) is 6.54 Å². The van der Waals surface area contributed by atoms with E-state index in [2.05, 4.69) is 63.3 Å². The van der Waals surface area contributed by atoms with E-state index in [1.54, 1.807) is 0 Å². The molecule has 1 aromatic carbocycles. The van der Waals surface area contributed by atoms with Gasteiger partial charge in [-0.15, -0.1) is 0 Å². The van der Waals surface area contributed by atoms with Crippen LogP contribution in [-0.4, -0.2) is 12.6 Å². The Morgan fingerprint density at radius 1 is 0.947 bits per heavy atom. The molecule has 1 nitrogen and oxygen atoms in total. The lowest BCUT2D eigenvalue weighted by Crippen LogP contribution is -2.30.